The van der Waals surface area contributed by atoms with Crippen LogP contribution in [0, 0.1) is 0 Å². The molecule has 1 saturated carbocycles. The molecule has 19 heavy (non-hydrogen) atoms. The molecule has 1 aliphatic carbocycles. The van der Waals surface area contributed by atoms with Gasteiger partial charge in [-0.3, -0.25) is 0 Å². The maximum Gasteiger partial charge on any atom is 0.160 e. The summed E-state index contributed by atoms with van der Waals surface area (Å²) in [7, 11) is 1.52. The average molecular weight is 266 g/mol. The lowest BCUT2D eigenvalue weighted by Gasteiger charge is -2.20. The number of ether oxygens (including phenoxy) is 1. The van der Waals surface area contributed by atoms with Gasteiger partial charge in [0.25, 0.3) is 0 Å². The smallest absolute Gasteiger partial charge is 0.160 e. The highest BCUT2D eigenvalue weighted by Crippen LogP contribution is 2.40. The minimum Gasteiger partial charge on any atom is -0.504 e. The van der Waals surface area contributed by atoms with Gasteiger partial charge >= 0.3 is 0 Å². The molecule has 0 saturated heterocycles. The molecule has 0 unspecified atom stereocenters. The highest BCUT2D eigenvalue weighted by atomic mass is 16.5. The summed E-state index contributed by atoms with van der Waals surface area (Å²) in [5.41, 5.74) is 2.05. The Morgan fingerprint density at radius 1 is 1.32 bits per heavy atom. The molecule has 0 spiro atoms. The fourth-order valence-corrected chi connectivity index (χ4v) is 2.92. The summed E-state index contributed by atoms with van der Waals surface area (Å²) in [6, 6.07) is 3.54. The number of rotatable bonds is 5. The summed E-state index contributed by atoms with van der Waals surface area (Å²) in [5.74, 6) is 0.652. The Hall–Kier alpha value is -1.26. The van der Waals surface area contributed by atoms with Crippen LogP contribution in [0.25, 0.3) is 0 Å². The lowest BCUT2D eigenvalue weighted by molar-refractivity contribution is 0.163. The number of aryl methyl sites for hydroxylation is 1. The molecule has 1 aliphatic rings. The molecule has 0 bridgehead atoms. The second-order valence-electron chi connectivity index (χ2n) is 5.15. The molecule has 106 valence electrons. The van der Waals surface area contributed by atoms with Gasteiger partial charge in [0.05, 0.1) is 13.2 Å². The van der Waals surface area contributed by atoms with Gasteiger partial charge in [-0.1, -0.05) is 6.42 Å². The van der Waals surface area contributed by atoms with E-state index in [2.05, 4.69) is 0 Å². The van der Waals surface area contributed by atoms with E-state index in [4.69, 9.17) is 9.84 Å². The summed E-state index contributed by atoms with van der Waals surface area (Å²) < 4.78 is 5.14. The third-order valence-electron chi connectivity index (χ3n) is 3.92. The van der Waals surface area contributed by atoms with Crippen LogP contribution in [0.3, 0.4) is 0 Å². The maximum atomic E-state index is 10.0. The van der Waals surface area contributed by atoms with Crippen LogP contribution < -0.4 is 4.74 Å². The Bertz CT molecular complexity index is 430. The van der Waals surface area contributed by atoms with E-state index in [9.17, 15) is 10.2 Å². The zero-order valence-corrected chi connectivity index (χ0v) is 11.3. The Morgan fingerprint density at radius 3 is 2.68 bits per heavy atom. The lowest BCUT2D eigenvalue weighted by atomic mass is 9.89. The number of hydrogen-bond donors (Lipinski definition) is 3. The van der Waals surface area contributed by atoms with Gasteiger partial charge in [0.1, 0.15) is 0 Å². The van der Waals surface area contributed by atoms with Crippen LogP contribution in [-0.2, 0) is 6.42 Å². The fraction of sp³-hybridized carbons (Fsp3) is 0.600. The number of aromatic hydroxyl groups is 1. The fourth-order valence-electron chi connectivity index (χ4n) is 2.92. The molecule has 0 heterocycles. The van der Waals surface area contributed by atoms with Gasteiger partial charge in [0.2, 0.25) is 0 Å². The normalized spacial score (nSPS) is 22.7. The van der Waals surface area contributed by atoms with Gasteiger partial charge in [0.15, 0.2) is 11.5 Å². The number of methoxy groups -OCH3 is 1. The summed E-state index contributed by atoms with van der Waals surface area (Å²) in [5, 5.41) is 29.0. The molecule has 1 aromatic rings. The molecule has 1 aromatic carbocycles. The topological polar surface area (TPSA) is 69.9 Å². The van der Waals surface area contributed by atoms with Crippen molar-refractivity contribution in [3.8, 4) is 11.5 Å². The van der Waals surface area contributed by atoms with Crippen LogP contribution in [0.1, 0.15) is 42.7 Å². The molecule has 0 radical (unpaired) electrons. The molecular weight excluding hydrogens is 244 g/mol. The average Bonchev–Trinajstić information content (AvgIpc) is 2.83. The molecule has 0 aliphatic heterocycles. The second kappa shape index (κ2) is 6.26. The Labute approximate surface area is 113 Å². The highest BCUT2D eigenvalue weighted by Gasteiger charge is 2.29. The zero-order valence-electron chi connectivity index (χ0n) is 11.3. The predicted octanol–water partition coefficient (Wildman–Crippen LogP) is 1.95. The van der Waals surface area contributed by atoms with Crippen LogP contribution in [-0.4, -0.2) is 35.1 Å². The van der Waals surface area contributed by atoms with Gasteiger partial charge in [-0.05, 0) is 48.9 Å². The third-order valence-corrected chi connectivity index (χ3v) is 3.92. The van der Waals surface area contributed by atoms with E-state index in [0.717, 1.165) is 36.8 Å². The standard InChI is InChI=1S/C15H22O4/c1-19-15-8-10(4-3-7-16)12(9-14(15)18)11-5-2-6-13(11)17/h8-9,11,13,16-18H,2-7H2,1H3/t11-,13-/m0/s1. The van der Waals surface area contributed by atoms with E-state index in [1.54, 1.807) is 6.07 Å². The molecule has 1 fully saturated rings. The molecule has 0 amide bonds. The van der Waals surface area contributed by atoms with E-state index >= 15 is 0 Å². The van der Waals surface area contributed by atoms with Crippen molar-refractivity contribution in [1.82, 2.24) is 0 Å². The van der Waals surface area contributed by atoms with Crippen molar-refractivity contribution in [3.63, 3.8) is 0 Å². The van der Waals surface area contributed by atoms with Gasteiger partial charge in [-0.25, -0.2) is 0 Å². The van der Waals surface area contributed by atoms with Crippen molar-refractivity contribution in [3.05, 3.63) is 23.3 Å². The summed E-state index contributed by atoms with van der Waals surface area (Å²) >= 11 is 0. The second-order valence-corrected chi connectivity index (χ2v) is 5.15. The van der Waals surface area contributed by atoms with Crippen LogP contribution in [0.5, 0.6) is 11.5 Å². The van der Waals surface area contributed by atoms with Gasteiger partial charge in [-0.2, -0.15) is 0 Å². The summed E-state index contributed by atoms with van der Waals surface area (Å²) in [4.78, 5) is 0. The molecule has 4 heteroatoms. The van der Waals surface area contributed by atoms with E-state index in [1.165, 1.54) is 7.11 Å². The molecule has 4 nitrogen and oxygen atoms in total. The summed E-state index contributed by atoms with van der Waals surface area (Å²) in [6.45, 7) is 0.135. The van der Waals surface area contributed by atoms with Crippen LogP contribution >= 0.6 is 0 Å². The number of phenols is 1. The Morgan fingerprint density at radius 2 is 2.11 bits per heavy atom. The van der Waals surface area contributed by atoms with Crippen molar-refractivity contribution in [2.75, 3.05) is 13.7 Å². The van der Waals surface area contributed by atoms with E-state index in [-0.39, 0.29) is 24.4 Å². The van der Waals surface area contributed by atoms with Gasteiger partial charge < -0.3 is 20.1 Å². The minimum atomic E-state index is -0.333. The molecule has 3 N–H and O–H groups in total. The largest absolute Gasteiger partial charge is 0.504 e. The van der Waals surface area contributed by atoms with Crippen LogP contribution in [0.4, 0.5) is 0 Å². The van der Waals surface area contributed by atoms with Crippen molar-refractivity contribution in [2.24, 2.45) is 0 Å². The third kappa shape index (κ3) is 3.01. The number of hydrogen-bond acceptors (Lipinski definition) is 4. The quantitative estimate of drug-likeness (QED) is 0.762. The van der Waals surface area contributed by atoms with Crippen LogP contribution in [0.15, 0.2) is 12.1 Å². The van der Waals surface area contributed by atoms with E-state index < -0.39 is 0 Å². The SMILES string of the molecule is COc1cc(CCCO)c([C@@H]2CCC[C@@H]2O)cc1O. The maximum absolute atomic E-state index is 10.0. The monoisotopic (exact) mass is 266 g/mol. The summed E-state index contributed by atoms with van der Waals surface area (Å²) in [6.07, 6.45) is 3.84. The van der Waals surface area contributed by atoms with Crippen molar-refractivity contribution in [2.45, 2.75) is 44.1 Å². The first-order valence-corrected chi connectivity index (χ1v) is 6.86. The lowest BCUT2D eigenvalue weighted by Crippen LogP contribution is -2.13. The number of benzene rings is 1. The first-order chi connectivity index (χ1) is 9.17. The highest BCUT2D eigenvalue weighted by molar-refractivity contribution is 5.48. The van der Waals surface area contributed by atoms with Crippen molar-refractivity contribution in [1.29, 1.82) is 0 Å². The Balaban J connectivity index is 2.35. The van der Waals surface area contributed by atoms with E-state index in [0.29, 0.717) is 12.2 Å². The molecular formula is C15H22O4. The zero-order chi connectivity index (χ0) is 13.8. The minimum absolute atomic E-state index is 0.0884. The number of aliphatic hydroxyl groups is 2. The van der Waals surface area contributed by atoms with Crippen LogP contribution in [0.2, 0.25) is 0 Å². The first-order valence-electron chi connectivity index (χ1n) is 6.86. The van der Waals surface area contributed by atoms with E-state index in [1.807, 2.05) is 6.07 Å². The van der Waals surface area contributed by atoms with Gasteiger partial charge in [-0.15, -0.1) is 0 Å². The van der Waals surface area contributed by atoms with Gasteiger partial charge in [0, 0.05) is 12.5 Å². The number of phenolic OH excluding ortho intramolecular Hbond substituents is 1. The molecule has 2 rings (SSSR count). The molecule has 0 aromatic heterocycles. The molecule has 2 atom stereocenters. The number of aliphatic hydroxyl groups excluding tert-OH is 2. The van der Waals surface area contributed by atoms with Crippen molar-refractivity contribution < 1.29 is 20.1 Å². The Kier molecular flexibility index (Phi) is 4.66. The predicted molar refractivity (Wildman–Crippen MR) is 72.7 cm³/mol. The van der Waals surface area contributed by atoms with Crippen molar-refractivity contribution >= 4 is 0 Å². The first kappa shape index (κ1) is 14.2.